The molecule has 21 heavy (non-hydrogen) atoms. The van der Waals surface area contributed by atoms with Gasteiger partial charge in [-0.2, -0.15) is 0 Å². The van der Waals surface area contributed by atoms with Crippen LogP contribution in [0.2, 0.25) is 0 Å². The second-order valence-corrected chi connectivity index (χ2v) is 4.57. The smallest absolute Gasteiger partial charge is 0.198 e. The van der Waals surface area contributed by atoms with Crippen LogP contribution in [-0.2, 0) is 0 Å². The number of aliphatic hydroxyl groups excluding tert-OH is 1. The molecule has 0 amide bonds. The summed E-state index contributed by atoms with van der Waals surface area (Å²) >= 11 is 0. The molecule has 6 nitrogen and oxygen atoms in total. The zero-order valence-electron chi connectivity index (χ0n) is 11.3. The lowest BCUT2D eigenvalue weighted by atomic mass is 9.97. The molecule has 108 valence electrons. The SMILES string of the molecule is [N-]=[N+]=N[C@@H](c1ccccc1)[C@H](O)CCC(=O)c1ccco1. The number of carbonyl (C=O) groups excluding carboxylic acids is 1. The minimum absolute atomic E-state index is 0.124. The molecule has 0 saturated carbocycles. The van der Waals surface area contributed by atoms with Crippen LogP contribution in [0.5, 0.6) is 0 Å². The summed E-state index contributed by atoms with van der Waals surface area (Å²) in [6.45, 7) is 0. The molecule has 0 radical (unpaired) electrons. The highest BCUT2D eigenvalue weighted by Gasteiger charge is 2.21. The van der Waals surface area contributed by atoms with Crippen molar-refractivity contribution < 1.29 is 14.3 Å². The molecule has 6 heteroatoms. The predicted molar refractivity (Wildman–Crippen MR) is 76.6 cm³/mol. The summed E-state index contributed by atoms with van der Waals surface area (Å²) in [6.07, 6.45) is 0.815. The quantitative estimate of drug-likeness (QED) is 0.363. The number of rotatable bonds is 7. The van der Waals surface area contributed by atoms with Crippen molar-refractivity contribution in [2.75, 3.05) is 0 Å². The van der Waals surface area contributed by atoms with Crippen LogP contribution in [0.15, 0.2) is 58.3 Å². The molecule has 1 aromatic carbocycles. The number of nitrogens with zero attached hydrogens (tertiary/aromatic N) is 3. The van der Waals surface area contributed by atoms with E-state index in [9.17, 15) is 9.90 Å². The zero-order chi connectivity index (χ0) is 15.1. The van der Waals surface area contributed by atoms with Crippen molar-refractivity contribution in [1.29, 1.82) is 0 Å². The summed E-state index contributed by atoms with van der Waals surface area (Å²) in [5.74, 6) is 0.0778. The van der Waals surface area contributed by atoms with Crippen LogP contribution in [0, 0.1) is 0 Å². The minimum atomic E-state index is -0.929. The highest BCUT2D eigenvalue weighted by Crippen LogP contribution is 2.24. The van der Waals surface area contributed by atoms with Gasteiger partial charge in [0.15, 0.2) is 11.5 Å². The largest absolute Gasteiger partial charge is 0.461 e. The van der Waals surface area contributed by atoms with Gasteiger partial charge < -0.3 is 9.52 Å². The molecule has 0 fully saturated rings. The zero-order valence-corrected chi connectivity index (χ0v) is 11.3. The molecule has 0 bridgehead atoms. The summed E-state index contributed by atoms with van der Waals surface area (Å²) < 4.78 is 5.01. The number of carbonyl (C=O) groups is 1. The van der Waals surface area contributed by atoms with Crippen molar-refractivity contribution in [3.05, 3.63) is 70.5 Å². The highest BCUT2D eigenvalue weighted by molar-refractivity contribution is 5.93. The molecular formula is C15H15N3O3. The monoisotopic (exact) mass is 285 g/mol. The van der Waals surface area contributed by atoms with E-state index >= 15 is 0 Å². The molecule has 0 unspecified atom stereocenters. The fourth-order valence-corrected chi connectivity index (χ4v) is 2.07. The van der Waals surface area contributed by atoms with Crippen molar-refractivity contribution in [2.24, 2.45) is 5.11 Å². The van der Waals surface area contributed by atoms with Gasteiger partial charge in [0.1, 0.15) is 0 Å². The van der Waals surface area contributed by atoms with Crippen LogP contribution < -0.4 is 0 Å². The van der Waals surface area contributed by atoms with Gasteiger partial charge in [0.05, 0.1) is 18.4 Å². The van der Waals surface area contributed by atoms with Gasteiger partial charge in [-0.1, -0.05) is 35.4 Å². The lowest BCUT2D eigenvalue weighted by molar-refractivity contribution is 0.0890. The topological polar surface area (TPSA) is 99.2 Å². The van der Waals surface area contributed by atoms with Gasteiger partial charge >= 0.3 is 0 Å². The lowest BCUT2D eigenvalue weighted by Gasteiger charge is -2.18. The van der Waals surface area contributed by atoms with E-state index in [0.29, 0.717) is 5.56 Å². The molecule has 1 aromatic heterocycles. The van der Waals surface area contributed by atoms with Gasteiger partial charge in [-0.25, -0.2) is 0 Å². The van der Waals surface area contributed by atoms with Crippen LogP contribution in [0.3, 0.4) is 0 Å². The van der Waals surface area contributed by atoms with Gasteiger partial charge in [0, 0.05) is 11.3 Å². The number of benzene rings is 1. The Balaban J connectivity index is 2.01. The van der Waals surface area contributed by atoms with E-state index in [-0.39, 0.29) is 24.4 Å². The van der Waals surface area contributed by atoms with Gasteiger partial charge in [0.2, 0.25) is 0 Å². The molecular weight excluding hydrogens is 270 g/mol. The van der Waals surface area contributed by atoms with E-state index in [0.717, 1.165) is 0 Å². The first-order valence-corrected chi connectivity index (χ1v) is 6.56. The average molecular weight is 285 g/mol. The Labute approximate surface area is 121 Å². The molecule has 2 atom stereocenters. The van der Waals surface area contributed by atoms with Crippen LogP contribution in [0.25, 0.3) is 10.4 Å². The Morgan fingerprint density at radius 1 is 1.29 bits per heavy atom. The van der Waals surface area contributed by atoms with Gasteiger partial charge in [-0.15, -0.1) is 0 Å². The Hall–Kier alpha value is -2.56. The van der Waals surface area contributed by atoms with E-state index in [1.807, 2.05) is 6.07 Å². The maximum absolute atomic E-state index is 11.8. The first-order chi connectivity index (χ1) is 10.2. The van der Waals surface area contributed by atoms with Crippen molar-refractivity contribution in [1.82, 2.24) is 0 Å². The number of Topliss-reactive ketones (excluding diaryl/α,β-unsaturated/α-hetero) is 1. The third kappa shape index (κ3) is 3.95. The number of hydrogen-bond acceptors (Lipinski definition) is 4. The Morgan fingerprint density at radius 2 is 2.05 bits per heavy atom. The average Bonchev–Trinajstić information content (AvgIpc) is 3.05. The molecule has 2 rings (SSSR count). The highest BCUT2D eigenvalue weighted by atomic mass is 16.3. The maximum atomic E-state index is 11.8. The molecule has 0 saturated heterocycles. The van der Waals surface area contributed by atoms with Crippen LogP contribution in [0.1, 0.15) is 35.0 Å². The summed E-state index contributed by atoms with van der Waals surface area (Å²) in [5, 5.41) is 13.8. The second kappa shape index (κ2) is 7.28. The van der Waals surface area contributed by atoms with E-state index in [2.05, 4.69) is 10.0 Å². The maximum Gasteiger partial charge on any atom is 0.198 e. The number of hydrogen-bond donors (Lipinski definition) is 1. The molecule has 1 heterocycles. The minimum Gasteiger partial charge on any atom is -0.461 e. The van der Waals surface area contributed by atoms with E-state index in [4.69, 9.17) is 9.95 Å². The first kappa shape index (κ1) is 14.8. The molecule has 2 aromatic rings. The van der Waals surface area contributed by atoms with Gasteiger partial charge in [0.25, 0.3) is 0 Å². The Kier molecular flexibility index (Phi) is 5.15. The molecule has 0 aliphatic rings. The van der Waals surface area contributed by atoms with E-state index < -0.39 is 12.1 Å². The van der Waals surface area contributed by atoms with Crippen LogP contribution in [0.4, 0.5) is 0 Å². The summed E-state index contributed by atoms with van der Waals surface area (Å²) in [6, 6.07) is 11.5. The van der Waals surface area contributed by atoms with Crippen molar-refractivity contribution in [2.45, 2.75) is 25.0 Å². The third-order valence-corrected chi connectivity index (χ3v) is 3.14. The molecule has 0 aliphatic carbocycles. The summed E-state index contributed by atoms with van der Waals surface area (Å²) in [5.41, 5.74) is 9.36. The van der Waals surface area contributed by atoms with Crippen LogP contribution >= 0.6 is 0 Å². The second-order valence-electron chi connectivity index (χ2n) is 4.57. The van der Waals surface area contributed by atoms with Crippen molar-refractivity contribution in [3.63, 3.8) is 0 Å². The first-order valence-electron chi connectivity index (χ1n) is 6.56. The molecule has 0 spiro atoms. The standard InChI is InChI=1S/C15H15N3O3/c16-18-17-15(11-5-2-1-3-6-11)13(20)9-8-12(19)14-7-4-10-21-14/h1-7,10,13,15,20H,8-9H2/t13-,15+/m1/s1. The predicted octanol–water partition coefficient (Wildman–Crippen LogP) is 3.66. The fourth-order valence-electron chi connectivity index (χ4n) is 2.07. The fraction of sp³-hybridized carbons (Fsp3) is 0.267. The lowest BCUT2D eigenvalue weighted by Crippen LogP contribution is -2.18. The number of aliphatic hydroxyl groups is 1. The third-order valence-electron chi connectivity index (χ3n) is 3.14. The summed E-state index contributed by atoms with van der Waals surface area (Å²) in [7, 11) is 0. The molecule has 1 N–H and O–H groups in total. The van der Waals surface area contributed by atoms with Gasteiger partial charge in [-0.05, 0) is 29.6 Å². The number of azide groups is 1. The Bertz CT molecular complexity index is 619. The van der Waals surface area contributed by atoms with Gasteiger partial charge in [-0.3, -0.25) is 4.79 Å². The number of ketones is 1. The normalized spacial score (nSPS) is 13.2. The van der Waals surface area contributed by atoms with Crippen LogP contribution in [-0.4, -0.2) is 17.0 Å². The summed E-state index contributed by atoms with van der Waals surface area (Å²) in [4.78, 5) is 14.6. The Morgan fingerprint density at radius 3 is 2.67 bits per heavy atom. The number of furan rings is 1. The van der Waals surface area contributed by atoms with E-state index in [1.54, 1.807) is 36.4 Å². The van der Waals surface area contributed by atoms with Crippen molar-refractivity contribution in [3.8, 4) is 0 Å². The van der Waals surface area contributed by atoms with E-state index in [1.165, 1.54) is 6.26 Å². The molecule has 0 aliphatic heterocycles. The van der Waals surface area contributed by atoms with Crippen molar-refractivity contribution >= 4 is 5.78 Å².